The van der Waals surface area contributed by atoms with E-state index < -0.39 is 0 Å². The molecule has 3 rings (SSSR count). The van der Waals surface area contributed by atoms with E-state index in [1.165, 1.54) is 70.0 Å². The van der Waals surface area contributed by atoms with Gasteiger partial charge in [0.05, 0.1) is 5.69 Å². The van der Waals surface area contributed by atoms with Gasteiger partial charge in [-0.05, 0) is 56.5 Å². The average Bonchev–Trinajstić information content (AvgIpc) is 3.01. The van der Waals surface area contributed by atoms with Crippen molar-refractivity contribution >= 4 is 0 Å². The van der Waals surface area contributed by atoms with Crippen LogP contribution in [0, 0.1) is 5.82 Å². The number of benzene rings is 1. The Hall–Kier alpha value is -1.68. The number of unbranched alkanes of at least 4 members (excludes halogenated alkanes) is 4. The molecule has 4 heteroatoms. The lowest BCUT2D eigenvalue weighted by Crippen LogP contribution is -2.35. The smallest absolute Gasteiger partial charge is 0.123 e. The molecular formula is C20H28FN3. The number of hydrogen-bond acceptors (Lipinski definition) is 2. The third kappa shape index (κ3) is 5.17. The number of halogens is 1. The molecule has 0 aliphatic heterocycles. The molecule has 1 fully saturated rings. The Morgan fingerprint density at radius 3 is 2.54 bits per heavy atom. The van der Waals surface area contributed by atoms with Gasteiger partial charge in [-0.2, -0.15) is 0 Å². The zero-order valence-electron chi connectivity index (χ0n) is 14.4. The molecule has 0 bridgehead atoms. The van der Waals surface area contributed by atoms with E-state index in [4.69, 9.17) is 0 Å². The Morgan fingerprint density at radius 1 is 1.04 bits per heavy atom. The minimum Gasteiger partial charge on any atom is -0.348 e. The van der Waals surface area contributed by atoms with E-state index in [2.05, 4.69) is 15.3 Å². The summed E-state index contributed by atoms with van der Waals surface area (Å²) in [7, 11) is 0. The predicted octanol–water partition coefficient (Wildman–Crippen LogP) is 4.85. The fourth-order valence-electron chi connectivity index (χ4n) is 3.12. The van der Waals surface area contributed by atoms with Crippen molar-refractivity contribution in [3.05, 3.63) is 42.1 Å². The van der Waals surface area contributed by atoms with Gasteiger partial charge in [0.2, 0.25) is 0 Å². The van der Waals surface area contributed by atoms with Crippen LogP contribution in [0.25, 0.3) is 11.3 Å². The molecule has 0 radical (unpaired) electrons. The molecular weight excluding hydrogens is 301 g/mol. The zero-order chi connectivity index (χ0) is 16.6. The normalized spacial score (nSPS) is 14.7. The predicted molar refractivity (Wildman–Crippen MR) is 96.4 cm³/mol. The SMILES string of the molecule is Fc1ccc(-c2c[nH]c(CCCCCCCNC3CCC3)n2)cc1. The van der Waals surface area contributed by atoms with Gasteiger partial charge in [0, 0.05) is 24.2 Å². The number of H-pyrrole nitrogens is 1. The van der Waals surface area contributed by atoms with Crippen molar-refractivity contribution < 1.29 is 4.39 Å². The summed E-state index contributed by atoms with van der Waals surface area (Å²) in [6.07, 6.45) is 13.4. The summed E-state index contributed by atoms with van der Waals surface area (Å²) in [5.41, 5.74) is 1.85. The topological polar surface area (TPSA) is 40.7 Å². The molecule has 0 atom stereocenters. The van der Waals surface area contributed by atoms with E-state index >= 15 is 0 Å². The molecule has 0 saturated heterocycles. The van der Waals surface area contributed by atoms with E-state index in [1.807, 2.05) is 6.20 Å². The molecule has 1 aliphatic rings. The molecule has 1 aromatic heterocycles. The molecule has 0 amide bonds. The second-order valence-electron chi connectivity index (χ2n) is 6.84. The van der Waals surface area contributed by atoms with Crippen LogP contribution < -0.4 is 5.32 Å². The maximum atomic E-state index is 13.0. The first-order valence-electron chi connectivity index (χ1n) is 9.35. The van der Waals surface area contributed by atoms with Gasteiger partial charge < -0.3 is 10.3 Å². The maximum absolute atomic E-state index is 13.0. The molecule has 1 aromatic carbocycles. The van der Waals surface area contributed by atoms with Crippen LogP contribution >= 0.6 is 0 Å². The molecule has 0 spiro atoms. The summed E-state index contributed by atoms with van der Waals surface area (Å²) < 4.78 is 13.0. The molecule has 1 saturated carbocycles. The van der Waals surface area contributed by atoms with Gasteiger partial charge in [-0.3, -0.25) is 0 Å². The van der Waals surface area contributed by atoms with Gasteiger partial charge in [0.1, 0.15) is 11.6 Å². The minimum absolute atomic E-state index is 0.211. The van der Waals surface area contributed by atoms with Gasteiger partial charge >= 0.3 is 0 Å². The second-order valence-corrected chi connectivity index (χ2v) is 6.84. The van der Waals surface area contributed by atoms with Crippen molar-refractivity contribution in [1.82, 2.24) is 15.3 Å². The molecule has 1 aliphatic carbocycles. The summed E-state index contributed by atoms with van der Waals surface area (Å²) in [6, 6.07) is 7.31. The first-order valence-corrected chi connectivity index (χ1v) is 9.35. The Kier molecular flexibility index (Phi) is 6.41. The lowest BCUT2D eigenvalue weighted by molar-refractivity contribution is 0.337. The van der Waals surface area contributed by atoms with Gasteiger partial charge in [-0.1, -0.05) is 25.7 Å². The number of aromatic amines is 1. The number of aromatic nitrogens is 2. The highest BCUT2D eigenvalue weighted by Crippen LogP contribution is 2.19. The van der Waals surface area contributed by atoms with Crippen molar-refractivity contribution in [2.75, 3.05) is 6.54 Å². The lowest BCUT2D eigenvalue weighted by Gasteiger charge is -2.26. The minimum atomic E-state index is -0.211. The van der Waals surface area contributed by atoms with E-state index in [1.54, 1.807) is 12.1 Å². The highest BCUT2D eigenvalue weighted by Gasteiger charge is 2.15. The summed E-state index contributed by atoms with van der Waals surface area (Å²) in [4.78, 5) is 7.85. The van der Waals surface area contributed by atoms with E-state index in [0.717, 1.165) is 29.5 Å². The van der Waals surface area contributed by atoms with Gasteiger partial charge in [-0.15, -0.1) is 0 Å². The Labute approximate surface area is 144 Å². The summed E-state index contributed by atoms with van der Waals surface area (Å²) >= 11 is 0. The van der Waals surface area contributed by atoms with Crippen LogP contribution in [0.4, 0.5) is 4.39 Å². The molecule has 2 aromatic rings. The van der Waals surface area contributed by atoms with Gasteiger partial charge in [-0.25, -0.2) is 9.37 Å². The fraction of sp³-hybridized carbons (Fsp3) is 0.550. The van der Waals surface area contributed by atoms with Crippen LogP contribution in [0.5, 0.6) is 0 Å². The van der Waals surface area contributed by atoms with Crippen molar-refractivity contribution in [2.24, 2.45) is 0 Å². The number of nitrogens with one attached hydrogen (secondary N) is 2. The summed E-state index contributed by atoms with van der Waals surface area (Å²) in [6.45, 7) is 1.18. The quantitative estimate of drug-likeness (QED) is 0.612. The average molecular weight is 329 g/mol. The first kappa shape index (κ1) is 17.2. The van der Waals surface area contributed by atoms with Crippen molar-refractivity contribution in [2.45, 2.75) is 63.8 Å². The van der Waals surface area contributed by atoms with Crippen LogP contribution in [0.15, 0.2) is 30.5 Å². The van der Waals surface area contributed by atoms with Crippen molar-refractivity contribution in [3.8, 4) is 11.3 Å². The highest BCUT2D eigenvalue weighted by molar-refractivity contribution is 5.58. The van der Waals surface area contributed by atoms with Crippen molar-refractivity contribution in [1.29, 1.82) is 0 Å². The van der Waals surface area contributed by atoms with Gasteiger partial charge in [0.15, 0.2) is 0 Å². The third-order valence-corrected chi connectivity index (χ3v) is 4.90. The number of nitrogens with zero attached hydrogens (tertiary/aromatic N) is 1. The van der Waals surface area contributed by atoms with Gasteiger partial charge in [0.25, 0.3) is 0 Å². The van der Waals surface area contributed by atoms with Crippen LogP contribution in [0.3, 0.4) is 0 Å². The second kappa shape index (κ2) is 8.97. The third-order valence-electron chi connectivity index (χ3n) is 4.90. The Bertz CT molecular complexity index is 602. The van der Waals surface area contributed by atoms with E-state index in [0.29, 0.717) is 0 Å². The largest absolute Gasteiger partial charge is 0.348 e. The monoisotopic (exact) mass is 329 g/mol. The van der Waals surface area contributed by atoms with Crippen LogP contribution in [0.2, 0.25) is 0 Å². The number of rotatable bonds is 10. The summed E-state index contributed by atoms with van der Waals surface area (Å²) in [5.74, 6) is 0.818. The number of imidazole rings is 1. The first-order chi connectivity index (χ1) is 11.8. The molecule has 0 unspecified atom stereocenters. The Balaban J connectivity index is 1.27. The fourth-order valence-corrected chi connectivity index (χ4v) is 3.12. The molecule has 1 heterocycles. The van der Waals surface area contributed by atoms with E-state index in [-0.39, 0.29) is 5.82 Å². The molecule has 24 heavy (non-hydrogen) atoms. The number of hydrogen-bond donors (Lipinski definition) is 2. The maximum Gasteiger partial charge on any atom is 0.123 e. The molecule has 3 nitrogen and oxygen atoms in total. The Morgan fingerprint density at radius 2 is 1.79 bits per heavy atom. The lowest BCUT2D eigenvalue weighted by atomic mass is 9.93. The zero-order valence-corrected chi connectivity index (χ0v) is 14.4. The molecule has 130 valence electrons. The number of aryl methyl sites for hydroxylation is 1. The molecule has 2 N–H and O–H groups in total. The summed E-state index contributed by atoms with van der Waals surface area (Å²) in [5, 5.41) is 3.62. The van der Waals surface area contributed by atoms with Crippen LogP contribution in [0.1, 0.15) is 57.2 Å². The van der Waals surface area contributed by atoms with E-state index in [9.17, 15) is 4.39 Å². The van der Waals surface area contributed by atoms with Crippen LogP contribution in [-0.2, 0) is 6.42 Å². The van der Waals surface area contributed by atoms with Crippen molar-refractivity contribution in [3.63, 3.8) is 0 Å². The van der Waals surface area contributed by atoms with Crippen LogP contribution in [-0.4, -0.2) is 22.6 Å². The standard InChI is InChI=1S/C20H28FN3/c21-17-12-10-16(11-13-17)19-15-23-20(24-19)9-4-2-1-3-5-14-22-18-7-6-8-18/h10-13,15,18,22H,1-9,14H2,(H,23,24). The highest BCUT2D eigenvalue weighted by atomic mass is 19.1.